The third-order valence-corrected chi connectivity index (χ3v) is 2.39. The minimum atomic E-state index is 0.0844. The summed E-state index contributed by atoms with van der Waals surface area (Å²) in [5, 5.41) is 0. The Morgan fingerprint density at radius 2 is 2.23 bits per heavy atom. The fraction of sp³-hybridized carbons (Fsp3) is 0.545. The average Bonchev–Trinajstić information content (AvgIpc) is 2.18. The van der Waals surface area contributed by atoms with Crippen molar-refractivity contribution in [2.24, 2.45) is 11.7 Å². The van der Waals surface area contributed by atoms with E-state index in [1.54, 1.807) is 6.20 Å². The summed E-state index contributed by atoms with van der Waals surface area (Å²) in [6.07, 6.45) is 4.15. The van der Waals surface area contributed by atoms with E-state index in [1.165, 1.54) is 6.42 Å². The molecule has 0 saturated heterocycles. The van der Waals surface area contributed by atoms with Crippen molar-refractivity contribution in [3.8, 4) is 0 Å². The average molecular weight is 178 g/mol. The Labute approximate surface area is 80.2 Å². The maximum Gasteiger partial charge on any atom is 0.0573 e. The van der Waals surface area contributed by atoms with E-state index >= 15 is 0 Å². The third-order valence-electron chi connectivity index (χ3n) is 2.39. The highest BCUT2D eigenvalue weighted by Gasteiger charge is 2.14. The Hall–Kier alpha value is -0.890. The van der Waals surface area contributed by atoms with Gasteiger partial charge < -0.3 is 5.73 Å². The van der Waals surface area contributed by atoms with Gasteiger partial charge >= 0.3 is 0 Å². The lowest BCUT2D eigenvalue weighted by atomic mass is 9.95. The molecule has 2 nitrogen and oxygen atoms in total. The van der Waals surface area contributed by atoms with Gasteiger partial charge in [-0.3, -0.25) is 4.98 Å². The zero-order valence-corrected chi connectivity index (χ0v) is 8.40. The molecule has 0 spiro atoms. The normalized spacial score (nSPS) is 15.3. The van der Waals surface area contributed by atoms with Crippen LogP contribution in [-0.2, 0) is 0 Å². The van der Waals surface area contributed by atoms with Crippen molar-refractivity contribution >= 4 is 0 Å². The lowest BCUT2D eigenvalue weighted by Gasteiger charge is -2.18. The van der Waals surface area contributed by atoms with Crippen LogP contribution in [0.4, 0.5) is 0 Å². The van der Waals surface area contributed by atoms with E-state index in [1.807, 2.05) is 18.2 Å². The minimum Gasteiger partial charge on any atom is -0.322 e. The number of hydrogen-bond acceptors (Lipinski definition) is 2. The molecule has 2 unspecified atom stereocenters. The van der Waals surface area contributed by atoms with Gasteiger partial charge in [-0.25, -0.2) is 0 Å². The van der Waals surface area contributed by atoms with Crippen LogP contribution in [-0.4, -0.2) is 4.98 Å². The summed E-state index contributed by atoms with van der Waals surface area (Å²) in [6, 6.07) is 5.99. The van der Waals surface area contributed by atoms with Gasteiger partial charge in [-0.15, -0.1) is 0 Å². The van der Waals surface area contributed by atoms with Crippen molar-refractivity contribution in [1.29, 1.82) is 0 Å². The topological polar surface area (TPSA) is 38.9 Å². The Morgan fingerprint density at radius 3 is 2.77 bits per heavy atom. The number of nitrogens with zero attached hydrogens (tertiary/aromatic N) is 1. The maximum atomic E-state index is 6.06. The lowest BCUT2D eigenvalue weighted by molar-refractivity contribution is 0.426. The van der Waals surface area contributed by atoms with Crippen LogP contribution in [0, 0.1) is 5.92 Å². The van der Waals surface area contributed by atoms with Crippen molar-refractivity contribution in [3.05, 3.63) is 30.1 Å². The molecule has 0 radical (unpaired) electrons. The van der Waals surface area contributed by atoms with Gasteiger partial charge in [0.15, 0.2) is 0 Å². The molecule has 0 bridgehead atoms. The third kappa shape index (κ3) is 2.81. The van der Waals surface area contributed by atoms with Crippen LogP contribution in [0.15, 0.2) is 24.4 Å². The zero-order valence-electron chi connectivity index (χ0n) is 8.40. The second-order valence-electron chi connectivity index (χ2n) is 3.55. The molecule has 2 heteroatoms. The van der Waals surface area contributed by atoms with Crippen molar-refractivity contribution in [2.75, 3.05) is 0 Å². The number of nitrogens with two attached hydrogens (primary N) is 1. The van der Waals surface area contributed by atoms with Gasteiger partial charge in [-0.05, 0) is 24.5 Å². The van der Waals surface area contributed by atoms with Gasteiger partial charge in [-0.2, -0.15) is 0 Å². The maximum absolute atomic E-state index is 6.06. The molecule has 0 aliphatic rings. The van der Waals surface area contributed by atoms with Crippen molar-refractivity contribution in [2.45, 2.75) is 32.7 Å². The van der Waals surface area contributed by atoms with Crippen LogP contribution < -0.4 is 5.73 Å². The van der Waals surface area contributed by atoms with Crippen molar-refractivity contribution in [3.63, 3.8) is 0 Å². The Bertz CT molecular complexity index is 233. The van der Waals surface area contributed by atoms with Crippen LogP contribution in [0.2, 0.25) is 0 Å². The Balaban J connectivity index is 2.62. The quantitative estimate of drug-likeness (QED) is 0.769. The highest BCUT2D eigenvalue weighted by molar-refractivity contribution is 5.08. The first-order chi connectivity index (χ1) is 6.25. The van der Waals surface area contributed by atoms with E-state index < -0.39 is 0 Å². The monoisotopic (exact) mass is 178 g/mol. The first-order valence-corrected chi connectivity index (χ1v) is 4.92. The smallest absolute Gasteiger partial charge is 0.0573 e. The van der Waals surface area contributed by atoms with Gasteiger partial charge in [0.1, 0.15) is 0 Å². The molecule has 0 aliphatic carbocycles. The Morgan fingerprint density at radius 1 is 1.46 bits per heavy atom. The zero-order chi connectivity index (χ0) is 9.68. The van der Waals surface area contributed by atoms with Crippen molar-refractivity contribution < 1.29 is 0 Å². The molecule has 0 fully saturated rings. The molecule has 2 atom stereocenters. The number of rotatable bonds is 4. The molecule has 1 heterocycles. The number of hydrogen-bond donors (Lipinski definition) is 1. The SMILES string of the molecule is CCCC(C)C(N)c1ccccn1. The fourth-order valence-corrected chi connectivity index (χ4v) is 1.50. The predicted molar refractivity (Wildman–Crippen MR) is 55.2 cm³/mol. The first-order valence-electron chi connectivity index (χ1n) is 4.92. The highest BCUT2D eigenvalue weighted by atomic mass is 14.8. The molecule has 0 saturated carbocycles. The molecule has 0 aliphatic heterocycles. The molecule has 72 valence electrons. The summed E-state index contributed by atoms with van der Waals surface area (Å²) in [4.78, 5) is 4.26. The molecule has 13 heavy (non-hydrogen) atoms. The second-order valence-corrected chi connectivity index (χ2v) is 3.55. The van der Waals surface area contributed by atoms with Crippen molar-refractivity contribution in [1.82, 2.24) is 4.98 Å². The summed E-state index contributed by atoms with van der Waals surface area (Å²) < 4.78 is 0. The summed E-state index contributed by atoms with van der Waals surface area (Å²) in [5.74, 6) is 0.514. The summed E-state index contributed by atoms with van der Waals surface area (Å²) in [5.41, 5.74) is 7.07. The van der Waals surface area contributed by atoms with Gasteiger partial charge in [0.2, 0.25) is 0 Å². The minimum absolute atomic E-state index is 0.0844. The van der Waals surface area contributed by atoms with Crippen LogP contribution in [0.3, 0.4) is 0 Å². The van der Waals surface area contributed by atoms with Crippen LogP contribution in [0.25, 0.3) is 0 Å². The summed E-state index contributed by atoms with van der Waals surface area (Å²) in [6.45, 7) is 4.37. The molecule has 2 N–H and O–H groups in total. The van der Waals surface area contributed by atoms with E-state index in [9.17, 15) is 0 Å². The van der Waals surface area contributed by atoms with E-state index in [0.717, 1.165) is 12.1 Å². The molecule has 1 aromatic heterocycles. The van der Waals surface area contributed by atoms with E-state index in [0.29, 0.717) is 5.92 Å². The largest absolute Gasteiger partial charge is 0.322 e. The molecular weight excluding hydrogens is 160 g/mol. The van der Waals surface area contributed by atoms with Crippen LogP contribution >= 0.6 is 0 Å². The van der Waals surface area contributed by atoms with Crippen LogP contribution in [0.1, 0.15) is 38.4 Å². The lowest BCUT2D eigenvalue weighted by Crippen LogP contribution is -2.19. The predicted octanol–water partition coefficient (Wildman–Crippen LogP) is 2.52. The molecule has 0 aromatic carbocycles. The Kier molecular flexibility index (Phi) is 3.90. The first kappa shape index (κ1) is 10.2. The van der Waals surface area contributed by atoms with Gasteiger partial charge in [0.25, 0.3) is 0 Å². The summed E-state index contributed by atoms with van der Waals surface area (Å²) in [7, 11) is 0. The van der Waals surface area contributed by atoms with E-state index in [4.69, 9.17) is 5.73 Å². The molecule has 1 aromatic rings. The summed E-state index contributed by atoms with van der Waals surface area (Å²) >= 11 is 0. The van der Waals surface area contributed by atoms with Gasteiger partial charge in [-0.1, -0.05) is 26.3 Å². The molecule has 0 amide bonds. The van der Waals surface area contributed by atoms with Gasteiger partial charge in [0, 0.05) is 12.2 Å². The molecular formula is C11H18N2. The van der Waals surface area contributed by atoms with E-state index in [-0.39, 0.29) is 6.04 Å². The second kappa shape index (κ2) is 4.97. The number of aromatic nitrogens is 1. The van der Waals surface area contributed by atoms with Crippen LogP contribution in [0.5, 0.6) is 0 Å². The van der Waals surface area contributed by atoms with Gasteiger partial charge in [0.05, 0.1) is 5.69 Å². The molecule has 1 rings (SSSR count). The highest BCUT2D eigenvalue weighted by Crippen LogP contribution is 2.20. The standard InChI is InChI=1S/C11H18N2/c1-3-6-9(2)11(12)10-7-4-5-8-13-10/h4-5,7-9,11H,3,6,12H2,1-2H3. The fourth-order valence-electron chi connectivity index (χ4n) is 1.50. The van der Waals surface area contributed by atoms with E-state index in [2.05, 4.69) is 18.8 Å². The number of pyridine rings is 1.